The summed E-state index contributed by atoms with van der Waals surface area (Å²) in [5.41, 5.74) is 1.37. The van der Waals surface area contributed by atoms with Crippen molar-refractivity contribution in [3.63, 3.8) is 0 Å². The molecule has 2 aromatic rings. The van der Waals surface area contributed by atoms with Gasteiger partial charge in [-0.3, -0.25) is 0 Å². The second kappa shape index (κ2) is 6.61. The maximum Gasteiger partial charge on any atom is 0.151 e. The molecule has 106 valence electrons. The maximum absolute atomic E-state index is 5.64. The van der Waals surface area contributed by atoms with Gasteiger partial charge in [-0.15, -0.1) is 5.10 Å². The first-order valence-electron chi connectivity index (χ1n) is 7.32. The first kappa shape index (κ1) is 13.2. The number of hydrogen-bond donors (Lipinski definition) is 0. The molecule has 1 aliphatic heterocycles. The Balaban J connectivity index is 1.51. The lowest BCUT2D eigenvalue weighted by Crippen LogP contribution is -2.18. The van der Waals surface area contributed by atoms with Crippen LogP contribution in [0.25, 0.3) is 0 Å². The molecule has 0 saturated carbocycles. The van der Waals surface area contributed by atoms with Crippen molar-refractivity contribution in [3.8, 4) is 0 Å². The van der Waals surface area contributed by atoms with Crippen LogP contribution in [0.4, 0.5) is 0 Å². The van der Waals surface area contributed by atoms with E-state index < -0.39 is 0 Å². The van der Waals surface area contributed by atoms with Crippen molar-refractivity contribution in [1.29, 1.82) is 0 Å². The maximum atomic E-state index is 5.64. The molecule has 20 heavy (non-hydrogen) atoms. The molecule has 3 rings (SSSR count). The molecule has 1 aromatic heterocycles. The third kappa shape index (κ3) is 3.42. The molecule has 1 saturated heterocycles. The van der Waals surface area contributed by atoms with Gasteiger partial charge >= 0.3 is 0 Å². The highest BCUT2D eigenvalue weighted by atomic mass is 16.5. The molecule has 2 heterocycles. The zero-order chi connectivity index (χ0) is 13.6. The highest BCUT2D eigenvalue weighted by molar-refractivity contribution is 5.14. The predicted molar refractivity (Wildman–Crippen MR) is 75.3 cm³/mol. The van der Waals surface area contributed by atoms with Crippen LogP contribution < -0.4 is 0 Å². The first-order valence-corrected chi connectivity index (χ1v) is 7.32. The summed E-state index contributed by atoms with van der Waals surface area (Å²) in [4.78, 5) is 0. The molecule has 1 atom stereocenters. The van der Waals surface area contributed by atoms with Gasteiger partial charge in [0.25, 0.3) is 0 Å². The van der Waals surface area contributed by atoms with Crippen molar-refractivity contribution in [2.24, 2.45) is 0 Å². The van der Waals surface area contributed by atoms with Gasteiger partial charge in [0.2, 0.25) is 0 Å². The summed E-state index contributed by atoms with van der Waals surface area (Å²) >= 11 is 0. The summed E-state index contributed by atoms with van der Waals surface area (Å²) in [6, 6.07) is 10.5. The third-order valence-corrected chi connectivity index (χ3v) is 3.72. The van der Waals surface area contributed by atoms with Crippen LogP contribution in [-0.4, -0.2) is 32.9 Å². The van der Waals surface area contributed by atoms with Crippen molar-refractivity contribution in [3.05, 3.63) is 41.7 Å². The number of aryl methyl sites for hydroxylation is 2. The van der Waals surface area contributed by atoms with Crippen LogP contribution >= 0.6 is 0 Å². The molecule has 1 aromatic carbocycles. The Bertz CT molecular complexity index is 520. The molecule has 1 fully saturated rings. The molecule has 0 amide bonds. The Morgan fingerprint density at radius 2 is 2.10 bits per heavy atom. The van der Waals surface area contributed by atoms with Gasteiger partial charge in [-0.25, -0.2) is 4.68 Å². The van der Waals surface area contributed by atoms with Crippen molar-refractivity contribution in [2.75, 3.05) is 6.61 Å². The number of ether oxygens (including phenoxy) is 1. The third-order valence-electron chi connectivity index (χ3n) is 3.72. The minimum Gasteiger partial charge on any atom is -0.376 e. The van der Waals surface area contributed by atoms with E-state index in [1.54, 1.807) is 0 Å². The van der Waals surface area contributed by atoms with E-state index in [1.165, 1.54) is 5.56 Å². The highest BCUT2D eigenvalue weighted by Gasteiger charge is 2.18. The fourth-order valence-electron chi connectivity index (χ4n) is 2.62. The second-order valence-corrected chi connectivity index (χ2v) is 5.25. The normalized spacial score (nSPS) is 18.5. The average Bonchev–Trinajstić information content (AvgIpc) is 3.13. The van der Waals surface area contributed by atoms with Crippen LogP contribution in [0.1, 0.15) is 30.7 Å². The van der Waals surface area contributed by atoms with E-state index in [2.05, 4.69) is 39.8 Å². The van der Waals surface area contributed by atoms with Gasteiger partial charge in [0.1, 0.15) is 0 Å². The van der Waals surface area contributed by atoms with Gasteiger partial charge < -0.3 is 4.74 Å². The lowest BCUT2D eigenvalue weighted by Gasteiger charge is -2.10. The van der Waals surface area contributed by atoms with Crippen LogP contribution in [0.3, 0.4) is 0 Å². The van der Waals surface area contributed by atoms with Gasteiger partial charge in [-0.2, -0.15) is 0 Å². The zero-order valence-electron chi connectivity index (χ0n) is 11.6. The number of benzene rings is 1. The molecule has 0 spiro atoms. The fourth-order valence-corrected chi connectivity index (χ4v) is 2.62. The van der Waals surface area contributed by atoms with E-state index in [4.69, 9.17) is 4.74 Å². The molecule has 0 bridgehead atoms. The van der Waals surface area contributed by atoms with E-state index >= 15 is 0 Å². The Morgan fingerprint density at radius 3 is 2.90 bits per heavy atom. The van der Waals surface area contributed by atoms with Gasteiger partial charge in [0.15, 0.2) is 5.82 Å². The Kier molecular flexibility index (Phi) is 4.38. The minimum absolute atomic E-state index is 0.284. The summed E-state index contributed by atoms with van der Waals surface area (Å²) < 4.78 is 7.54. The van der Waals surface area contributed by atoms with E-state index in [-0.39, 0.29) is 6.10 Å². The van der Waals surface area contributed by atoms with E-state index in [0.717, 1.165) is 51.1 Å². The summed E-state index contributed by atoms with van der Waals surface area (Å²) in [7, 11) is 0. The molecule has 0 radical (unpaired) electrons. The molecular weight excluding hydrogens is 252 g/mol. The molecule has 0 N–H and O–H groups in total. The molecule has 0 aliphatic carbocycles. The molecule has 5 heteroatoms. The van der Waals surface area contributed by atoms with Gasteiger partial charge in [0, 0.05) is 13.0 Å². The van der Waals surface area contributed by atoms with Crippen LogP contribution in [0, 0.1) is 0 Å². The zero-order valence-corrected chi connectivity index (χ0v) is 11.6. The summed E-state index contributed by atoms with van der Waals surface area (Å²) in [6.45, 7) is 1.66. The lowest BCUT2D eigenvalue weighted by molar-refractivity contribution is 0.0926. The van der Waals surface area contributed by atoms with Gasteiger partial charge in [-0.05, 0) is 41.7 Å². The smallest absolute Gasteiger partial charge is 0.151 e. The SMILES string of the molecule is c1ccc(CCCc2nnnn2C[C@H]2CCCO2)cc1. The number of hydrogen-bond acceptors (Lipinski definition) is 4. The quantitative estimate of drug-likeness (QED) is 0.807. The van der Waals surface area contributed by atoms with Crippen LogP contribution in [0.2, 0.25) is 0 Å². The Morgan fingerprint density at radius 1 is 1.20 bits per heavy atom. The topological polar surface area (TPSA) is 52.8 Å². The van der Waals surface area contributed by atoms with Crippen LogP contribution in [-0.2, 0) is 24.1 Å². The van der Waals surface area contributed by atoms with Gasteiger partial charge in [0.05, 0.1) is 12.6 Å². The lowest BCUT2D eigenvalue weighted by atomic mass is 10.1. The Labute approximate surface area is 118 Å². The number of rotatable bonds is 6. The minimum atomic E-state index is 0.284. The van der Waals surface area contributed by atoms with Crippen LogP contribution in [0.15, 0.2) is 30.3 Å². The van der Waals surface area contributed by atoms with E-state index in [1.807, 2.05) is 10.7 Å². The van der Waals surface area contributed by atoms with E-state index in [9.17, 15) is 0 Å². The molecular formula is C15H20N4O. The first-order chi connectivity index (χ1) is 9.92. The molecule has 5 nitrogen and oxygen atoms in total. The van der Waals surface area contributed by atoms with Crippen molar-refractivity contribution >= 4 is 0 Å². The standard InChI is InChI=1S/C15H20N4O/c1-2-6-13(7-3-1)8-4-10-15-16-17-18-19(15)12-14-9-5-11-20-14/h1-3,6-7,14H,4-5,8-12H2/t14-/m1/s1. The summed E-state index contributed by atoms with van der Waals surface area (Å²) in [5, 5.41) is 12.0. The Hall–Kier alpha value is -1.75. The molecule has 0 unspecified atom stereocenters. The summed E-state index contributed by atoms with van der Waals surface area (Å²) in [6.07, 6.45) is 5.59. The van der Waals surface area contributed by atoms with E-state index in [0.29, 0.717) is 0 Å². The number of aromatic nitrogens is 4. The number of tetrazole rings is 1. The molecule has 1 aliphatic rings. The van der Waals surface area contributed by atoms with Crippen molar-refractivity contribution < 1.29 is 4.74 Å². The fraction of sp³-hybridized carbons (Fsp3) is 0.533. The monoisotopic (exact) mass is 272 g/mol. The summed E-state index contributed by atoms with van der Waals surface area (Å²) in [5.74, 6) is 0.969. The van der Waals surface area contributed by atoms with Gasteiger partial charge in [-0.1, -0.05) is 30.3 Å². The number of nitrogens with zero attached hydrogens (tertiary/aromatic N) is 4. The predicted octanol–water partition coefficient (Wildman–Crippen LogP) is 2.03. The van der Waals surface area contributed by atoms with Crippen molar-refractivity contribution in [1.82, 2.24) is 20.2 Å². The largest absolute Gasteiger partial charge is 0.376 e. The average molecular weight is 272 g/mol. The van der Waals surface area contributed by atoms with Crippen LogP contribution in [0.5, 0.6) is 0 Å². The second-order valence-electron chi connectivity index (χ2n) is 5.25. The highest BCUT2D eigenvalue weighted by Crippen LogP contribution is 2.14. The van der Waals surface area contributed by atoms with Crippen molar-refractivity contribution in [2.45, 2.75) is 44.8 Å².